The maximum Gasteiger partial charge on any atom is 1.00 e. The van der Waals surface area contributed by atoms with Crippen LogP contribution in [-0.2, 0) is 40.0 Å². The fourth-order valence-corrected chi connectivity index (χ4v) is 3.99. The number of benzene rings is 2. The molecule has 39 heavy (non-hydrogen) atoms. The minimum Gasteiger partial charge on any atom is -0.490 e. The van der Waals surface area contributed by atoms with Crippen LogP contribution in [0.1, 0.15) is 59.1 Å². The summed E-state index contributed by atoms with van der Waals surface area (Å²) in [6.07, 6.45) is -0.896. The van der Waals surface area contributed by atoms with Crippen molar-refractivity contribution in [2.45, 2.75) is 64.0 Å². The van der Waals surface area contributed by atoms with E-state index in [1.807, 2.05) is 24.3 Å². The minimum atomic E-state index is -4.90. The average Bonchev–Trinajstić information content (AvgIpc) is 2.81. The average molecular weight is 574 g/mol. The quantitative estimate of drug-likeness (QED) is 0.174. The molecule has 0 aliphatic heterocycles. The minimum absolute atomic E-state index is 0. The van der Waals surface area contributed by atoms with Crippen LogP contribution in [0.3, 0.4) is 0 Å². The molecule has 0 heterocycles. The van der Waals surface area contributed by atoms with E-state index >= 15 is 0 Å². The summed E-state index contributed by atoms with van der Waals surface area (Å²) >= 11 is 0. The van der Waals surface area contributed by atoms with Gasteiger partial charge in [0.05, 0.1) is 6.42 Å². The summed E-state index contributed by atoms with van der Waals surface area (Å²) in [5.41, 5.74) is 2.26. The molecule has 0 amide bonds. The molecule has 0 radical (unpaired) electrons. The number of carbonyl (C=O) groups excluding carboxylic acids is 2. The van der Waals surface area contributed by atoms with Crippen LogP contribution >= 0.6 is 0 Å². The summed E-state index contributed by atoms with van der Waals surface area (Å²) in [6, 6.07) is 14.9. The zero-order valence-electron chi connectivity index (χ0n) is 23.9. The Morgan fingerprint density at radius 3 is 1.46 bits per heavy atom. The molecule has 0 saturated heterocycles. The Morgan fingerprint density at radius 1 is 0.718 bits per heavy atom. The van der Waals surface area contributed by atoms with Crippen LogP contribution in [0.4, 0.5) is 0 Å². The molecule has 1 unspecified atom stereocenters. The molecule has 1 N–H and O–H groups in total. The second kappa shape index (κ2) is 15.0. The first-order chi connectivity index (χ1) is 17.6. The number of rotatable bonds is 12. The van der Waals surface area contributed by atoms with E-state index in [9.17, 15) is 22.6 Å². The Bertz CT molecular complexity index is 1160. The smallest absolute Gasteiger partial charge is 0.490 e. The molecule has 1 atom stereocenters. The van der Waals surface area contributed by atoms with Gasteiger partial charge in [-0.15, -0.1) is 0 Å². The molecule has 0 aromatic heterocycles. The third-order valence-corrected chi connectivity index (χ3v) is 6.70. The Kier molecular flexibility index (Phi) is 13.5. The van der Waals surface area contributed by atoms with Gasteiger partial charge >= 0.3 is 41.5 Å². The summed E-state index contributed by atoms with van der Waals surface area (Å²) in [5.74, 6) is -1.13. The molecular formula is C28H38NaO9S+. The third-order valence-electron chi connectivity index (χ3n) is 5.63. The van der Waals surface area contributed by atoms with E-state index in [1.54, 1.807) is 24.3 Å². The van der Waals surface area contributed by atoms with Crippen LogP contribution in [0, 0.1) is 0 Å². The van der Waals surface area contributed by atoms with Gasteiger partial charge in [-0.2, -0.15) is 8.42 Å². The summed E-state index contributed by atoms with van der Waals surface area (Å²) in [7, 11) is -4.90. The number of hydrogen-bond donors (Lipinski definition) is 1. The van der Waals surface area contributed by atoms with E-state index in [1.165, 1.54) is 0 Å². The normalized spacial score (nSPS) is 12.6. The zero-order valence-corrected chi connectivity index (χ0v) is 26.7. The Labute approximate surface area is 253 Å². The molecule has 210 valence electrons. The molecule has 0 aliphatic carbocycles. The number of ether oxygens (including phenoxy) is 4. The monoisotopic (exact) mass is 573 g/mol. The Morgan fingerprint density at radius 2 is 1.10 bits per heavy atom. The van der Waals surface area contributed by atoms with Crippen LogP contribution in [0.2, 0.25) is 0 Å². The summed E-state index contributed by atoms with van der Waals surface area (Å²) in [6.45, 7) is 12.1. The van der Waals surface area contributed by atoms with Crippen molar-refractivity contribution < 1.29 is 71.1 Å². The van der Waals surface area contributed by atoms with E-state index in [0.29, 0.717) is 11.5 Å². The van der Waals surface area contributed by atoms with E-state index in [2.05, 4.69) is 41.5 Å². The molecule has 0 fully saturated rings. The van der Waals surface area contributed by atoms with Crippen molar-refractivity contribution in [1.29, 1.82) is 0 Å². The Hall–Kier alpha value is -2.11. The van der Waals surface area contributed by atoms with Crippen LogP contribution in [-0.4, -0.2) is 56.6 Å². The number of carbonyl (C=O) groups is 2. The van der Waals surface area contributed by atoms with Gasteiger partial charge in [-0.25, -0.2) is 0 Å². The molecule has 0 bridgehead atoms. The van der Waals surface area contributed by atoms with Gasteiger partial charge in [-0.05, 0) is 46.2 Å². The topological polar surface area (TPSA) is 125 Å². The maximum absolute atomic E-state index is 12.3. The first-order valence-corrected chi connectivity index (χ1v) is 13.8. The molecule has 2 aromatic rings. The van der Waals surface area contributed by atoms with E-state index in [4.69, 9.17) is 18.9 Å². The summed E-state index contributed by atoms with van der Waals surface area (Å²) < 4.78 is 53.7. The van der Waals surface area contributed by atoms with Gasteiger partial charge < -0.3 is 18.9 Å². The molecule has 11 heteroatoms. The summed E-state index contributed by atoms with van der Waals surface area (Å²) in [5, 5.41) is -2.10. The number of esters is 2. The van der Waals surface area contributed by atoms with E-state index < -0.39 is 33.7 Å². The fourth-order valence-electron chi connectivity index (χ4n) is 3.33. The van der Waals surface area contributed by atoms with Gasteiger partial charge in [0.1, 0.15) is 37.9 Å². The van der Waals surface area contributed by atoms with Crippen LogP contribution < -0.4 is 39.0 Å². The SMILES string of the molecule is CC(C)(C)c1ccc(OCCOC(=O)CC(C(=O)OCCOc2ccc(C(C)(C)C)cc2)S(=O)(=O)O)cc1.[Na+]. The predicted octanol–water partition coefficient (Wildman–Crippen LogP) is 1.48. The molecule has 0 spiro atoms. The van der Waals surface area contributed by atoms with Crippen LogP contribution in [0.25, 0.3) is 0 Å². The molecular weight excluding hydrogens is 535 g/mol. The van der Waals surface area contributed by atoms with E-state index in [0.717, 1.165) is 11.1 Å². The second-order valence-corrected chi connectivity index (χ2v) is 12.4. The Balaban J connectivity index is 0.00000760. The van der Waals surface area contributed by atoms with E-state index in [-0.39, 0.29) is 66.8 Å². The third kappa shape index (κ3) is 12.3. The molecule has 9 nitrogen and oxygen atoms in total. The zero-order chi connectivity index (χ0) is 28.6. The fraction of sp³-hybridized carbons (Fsp3) is 0.500. The largest absolute Gasteiger partial charge is 1.00 e. The van der Waals surface area contributed by atoms with Gasteiger partial charge in [0, 0.05) is 0 Å². The van der Waals surface area contributed by atoms with Crippen LogP contribution in [0.15, 0.2) is 48.5 Å². The van der Waals surface area contributed by atoms with Gasteiger partial charge in [0.15, 0.2) is 5.25 Å². The van der Waals surface area contributed by atoms with Crippen molar-refractivity contribution in [1.82, 2.24) is 0 Å². The van der Waals surface area contributed by atoms with Gasteiger partial charge in [0.25, 0.3) is 10.1 Å². The van der Waals surface area contributed by atoms with Crippen molar-refractivity contribution >= 4 is 22.1 Å². The van der Waals surface area contributed by atoms with Crippen molar-refractivity contribution in [3.05, 3.63) is 59.7 Å². The van der Waals surface area contributed by atoms with Crippen molar-refractivity contribution in [2.24, 2.45) is 0 Å². The van der Waals surface area contributed by atoms with Gasteiger partial charge in [-0.3, -0.25) is 14.1 Å². The van der Waals surface area contributed by atoms with Gasteiger partial charge in [-0.1, -0.05) is 65.8 Å². The maximum atomic E-state index is 12.3. The first-order valence-electron chi connectivity index (χ1n) is 12.3. The molecule has 2 rings (SSSR count). The van der Waals surface area contributed by atoms with Gasteiger partial charge in [0.2, 0.25) is 0 Å². The van der Waals surface area contributed by atoms with Crippen molar-refractivity contribution in [3.8, 4) is 11.5 Å². The van der Waals surface area contributed by atoms with Crippen molar-refractivity contribution in [3.63, 3.8) is 0 Å². The standard InChI is InChI=1S/C28H38O9S.Na/c1-27(2,3)20-7-11-22(12-8-20)34-15-17-36-25(29)19-24(38(31,32)33)26(30)37-18-16-35-23-13-9-21(10-14-23)28(4,5)6;/h7-14,24H,15-19H2,1-6H3,(H,31,32,33);/q;+1. The van der Waals surface area contributed by atoms with Crippen LogP contribution in [0.5, 0.6) is 11.5 Å². The first kappa shape index (κ1) is 34.9. The molecule has 0 aliphatic rings. The second-order valence-electron chi connectivity index (χ2n) is 10.8. The number of hydrogen-bond acceptors (Lipinski definition) is 8. The van der Waals surface area contributed by atoms with Crippen molar-refractivity contribution in [2.75, 3.05) is 26.4 Å². The predicted molar refractivity (Wildman–Crippen MR) is 143 cm³/mol. The summed E-state index contributed by atoms with van der Waals surface area (Å²) in [4.78, 5) is 24.4. The molecule has 2 aromatic carbocycles. The molecule has 0 saturated carbocycles.